The summed E-state index contributed by atoms with van der Waals surface area (Å²) in [5.74, 6) is 0.511. The summed E-state index contributed by atoms with van der Waals surface area (Å²) in [7, 11) is 3.02. The molecule has 0 saturated heterocycles. The molecule has 1 aliphatic rings. The van der Waals surface area contributed by atoms with Gasteiger partial charge < -0.3 is 34.6 Å². The van der Waals surface area contributed by atoms with Gasteiger partial charge in [0.1, 0.15) is 24.2 Å². The van der Waals surface area contributed by atoms with E-state index in [9.17, 15) is 24.6 Å². The molecule has 10 nitrogen and oxygen atoms in total. The second-order valence-corrected chi connectivity index (χ2v) is 10.7. The number of carbonyl (C=O) groups is 3. The van der Waals surface area contributed by atoms with Gasteiger partial charge in [-0.1, -0.05) is 31.2 Å². The predicted molar refractivity (Wildman–Crippen MR) is 166 cm³/mol. The normalized spacial score (nSPS) is 18.2. The Hall–Kier alpha value is -3.42. The fraction of sp³-hybridized carbons (Fsp3) is 0.387. The molecule has 0 aromatic heterocycles. The highest BCUT2D eigenvalue weighted by Crippen LogP contribution is 2.37. The van der Waals surface area contributed by atoms with Gasteiger partial charge in [-0.15, -0.1) is 0 Å². The number of aliphatic hydroxyl groups excluding tert-OH is 2. The average molecular weight is 693 g/mol. The fourth-order valence-corrected chi connectivity index (χ4v) is 5.49. The number of hydrogen-bond acceptors (Lipinski definition) is 8. The van der Waals surface area contributed by atoms with E-state index >= 15 is 0 Å². The molecule has 0 heterocycles. The molecular formula is C31H37IN2O8. The smallest absolute Gasteiger partial charge is 0.247 e. The molecule has 0 saturated carbocycles. The maximum absolute atomic E-state index is 13.5. The second kappa shape index (κ2) is 16.3. The number of ether oxygens (including phenoxy) is 3. The molecule has 42 heavy (non-hydrogen) atoms. The summed E-state index contributed by atoms with van der Waals surface area (Å²) >= 11 is 2.01. The molecule has 2 aromatic carbocycles. The Kier molecular flexibility index (Phi) is 12.8. The summed E-state index contributed by atoms with van der Waals surface area (Å²) < 4.78 is 17.8. The summed E-state index contributed by atoms with van der Waals surface area (Å²) in [4.78, 5) is 39.5. The minimum Gasteiger partial charge on any atom is -0.496 e. The van der Waals surface area contributed by atoms with E-state index in [-0.39, 0.29) is 43.5 Å². The van der Waals surface area contributed by atoms with E-state index in [0.29, 0.717) is 39.6 Å². The molecule has 0 radical (unpaired) electrons. The van der Waals surface area contributed by atoms with Crippen LogP contribution in [0.5, 0.6) is 17.2 Å². The monoisotopic (exact) mass is 692 g/mol. The zero-order valence-corrected chi connectivity index (χ0v) is 26.1. The highest BCUT2D eigenvalue weighted by atomic mass is 127. The first-order valence-corrected chi connectivity index (χ1v) is 14.7. The molecule has 2 aromatic rings. The van der Waals surface area contributed by atoms with Crippen LogP contribution in [0.2, 0.25) is 0 Å². The van der Waals surface area contributed by atoms with Gasteiger partial charge in [-0.3, -0.25) is 14.4 Å². The third-order valence-corrected chi connectivity index (χ3v) is 7.65. The molecule has 3 atom stereocenters. The van der Waals surface area contributed by atoms with Crippen LogP contribution in [0, 0.1) is 3.57 Å². The van der Waals surface area contributed by atoms with Gasteiger partial charge >= 0.3 is 0 Å². The number of benzene rings is 2. The van der Waals surface area contributed by atoms with Crippen molar-refractivity contribution in [1.82, 2.24) is 10.2 Å². The van der Waals surface area contributed by atoms with Gasteiger partial charge in [-0.25, -0.2) is 0 Å². The topological polar surface area (TPSA) is 135 Å². The molecule has 0 aliphatic heterocycles. The van der Waals surface area contributed by atoms with Gasteiger partial charge in [0.25, 0.3) is 0 Å². The number of methoxy groups -OCH3 is 2. The third kappa shape index (κ3) is 8.33. The SMILES string of the molecule is CCC=CC(=O)N(CCc1ccccc1OC)[C@@H]1CC(C(=O)NCCO)=C[C@H](Oc2c(I)cc(C=O)cc2OC)[C@H]1O. The summed E-state index contributed by atoms with van der Waals surface area (Å²) in [5, 5.41) is 23.6. The summed E-state index contributed by atoms with van der Waals surface area (Å²) in [6.07, 6.45) is 4.33. The number of nitrogens with one attached hydrogen (secondary N) is 1. The number of allylic oxidation sites excluding steroid dienone is 1. The molecule has 0 fully saturated rings. The van der Waals surface area contributed by atoms with Gasteiger partial charge in [-0.2, -0.15) is 0 Å². The van der Waals surface area contributed by atoms with E-state index in [2.05, 4.69) is 5.32 Å². The Morgan fingerprint density at radius 3 is 2.57 bits per heavy atom. The van der Waals surface area contributed by atoms with E-state index in [1.807, 2.05) is 53.8 Å². The minimum absolute atomic E-state index is 0.0451. The van der Waals surface area contributed by atoms with Crippen molar-refractivity contribution in [2.24, 2.45) is 0 Å². The van der Waals surface area contributed by atoms with Crippen LogP contribution in [0.1, 0.15) is 35.7 Å². The van der Waals surface area contributed by atoms with Gasteiger partial charge in [0.05, 0.1) is 30.4 Å². The first-order chi connectivity index (χ1) is 20.3. The highest BCUT2D eigenvalue weighted by Gasteiger charge is 2.40. The van der Waals surface area contributed by atoms with Crippen molar-refractivity contribution in [3.63, 3.8) is 0 Å². The Labute approximate surface area is 259 Å². The van der Waals surface area contributed by atoms with Crippen LogP contribution in [0.25, 0.3) is 0 Å². The zero-order chi connectivity index (χ0) is 30.6. The van der Waals surface area contributed by atoms with Crippen LogP contribution in [0.3, 0.4) is 0 Å². The first-order valence-electron chi connectivity index (χ1n) is 13.6. The zero-order valence-electron chi connectivity index (χ0n) is 23.9. The molecule has 0 unspecified atom stereocenters. The lowest BCUT2D eigenvalue weighted by Crippen LogP contribution is -2.55. The van der Waals surface area contributed by atoms with Crippen LogP contribution in [-0.4, -0.2) is 85.4 Å². The molecule has 11 heteroatoms. The molecule has 0 spiro atoms. The molecule has 0 bridgehead atoms. The van der Waals surface area contributed by atoms with Crippen molar-refractivity contribution in [3.8, 4) is 17.2 Å². The van der Waals surface area contributed by atoms with E-state index < -0.39 is 24.2 Å². The van der Waals surface area contributed by atoms with Crippen LogP contribution in [0.15, 0.2) is 60.2 Å². The first kappa shape index (κ1) is 33.1. The number of para-hydroxylation sites is 1. The van der Waals surface area contributed by atoms with E-state index in [0.717, 1.165) is 5.56 Å². The number of aldehydes is 1. The lowest BCUT2D eigenvalue weighted by Gasteiger charge is -2.40. The molecular weight excluding hydrogens is 655 g/mol. The van der Waals surface area contributed by atoms with Crippen molar-refractivity contribution in [3.05, 3.63) is 74.9 Å². The number of carbonyl (C=O) groups excluding carboxylic acids is 3. The highest BCUT2D eigenvalue weighted by molar-refractivity contribution is 14.1. The fourth-order valence-electron chi connectivity index (χ4n) is 4.74. The average Bonchev–Trinajstić information content (AvgIpc) is 3.00. The van der Waals surface area contributed by atoms with Gasteiger partial charge in [0, 0.05) is 30.6 Å². The summed E-state index contributed by atoms with van der Waals surface area (Å²) in [5.41, 5.74) is 1.58. The van der Waals surface area contributed by atoms with Crippen molar-refractivity contribution in [2.75, 3.05) is 33.9 Å². The summed E-state index contributed by atoms with van der Waals surface area (Å²) in [6, 6.07) is 9.83. The van der Waals surface area contributed by atoms with Crippen LogP contribution in [-0.2, 0) is 16.0 Å². The number of hydrogen-bond donors (Lipinski definition) is 3. The van der Waals surface area contributed by atoms with Gasteiger partial charge in [0.15, 0.2) is 11.5 Å². The predicted octanol–water partition coefficient (Wildman–Crippen LogP) is 3.07. The lowest BCUT2D eigenvalue weighted by atomic mass is 9.87. The Bertz CT molecular complexity index is 1310. The van der Waals surface area contributed by atoms with Gasteiger partial charge in [0.2, 0.25) is 11.8 Å². The van der Waals surface area contributed by atoms with Crippen molar-refractivity contribution in [1.29, 1.82) is 0 Å². The third-order valence-electron chi connectivity index (χ3n) is 6.85. The quantitative estimate of drug-likeness (QED) is 0.156. The Balaban J connectivity index is 2.03. The van der Waals surface area contributed by atoms with Crippen LogP contribution in [0.4, 0.5) is 0 Å². The van der Waals surface area contributed by atoms with E-state index in [4.69, 9.17) is 14.2 Å². The lowest BCUT2D eigenvalue weighted by molar-refractivity contribution is -0.133. The molecule has 2 amide bonds. The number of nitrogens with zero attached hydrogens (tertiary/aromatic N) is 1. The number of rotatable bonds is 14. The van der Waals surface area contributed by atoms with E-state index in [1.54, 1.807) is 24.2 Å². The molecule has 1 aliphatic carbocycles. The number of aliphatic hydroxyl groups is 2. The molecule has 3 rings (SSSR count). The summed E-state index contributed by atoms with van der Waals surface area (Å²) in [6.45, 7) is 1.96. The Morgan fingerprint density at radius 2 is 1.90 bits per heavy atom. The second-order valence-electron chi connectivity index (χ2n) is 9.57. The maximum Gasteiger partial charge on any atom is 0.247 e. The largest absolute Gasteiger partial charge is 0.496 e. The number of amides is 2. The van der Waals surface area contributed by atoms with Crippen molar-refractivity contribution < 1.29 is 38.8 Å². The van der Waals surface area contributed by atoms with Gasteiger partial charge in [-0.05, 0) is 71.3 Å². The van der Waals surface area contributed by atoms with Crippen LogP contribution < -0.4 is 19.5 Å². The minimum atomic E-state index is -1.22. The molecule has 3 N–H and O–H groups in total. The standard InChI is InChI=1S/C31H37IN2O8/c1-4-5-10-28(37)34(13-11-21-8-6-7-9-25(21)40-2)24-17-22(31(39)33-12-14-35)18-26(29(24)38)42-30-23(32)15-20(19-36)16-27(30)41-3/h5-10,15-16,18-19,24,26,29,35,38H,4,11-14,17H2,1-3H3,(H,33,39)/t24-,26+,29+/m1/s1. The van der Waals surface area contributed by atoms with Crippen LogP contribution >= 0.6 is 22.6 Å². The molecule has 226 valence electrons. The van der Waals surface area contributed by atoms with Crippen molar-refractivity contribution in [2.45, 2.75) is 44.4 Å². The maximum atomic E-state index is 13.5. The van der Waals surface area contributed by atoms with Crippen molar-refractivity contribution >= 4 is 40.7 Å². The van der Waals surface area contributed by atoms with E-state index in [1.165, 1.54) is 25.3 Å². The Morgan fingerprint density at radius 1 is 1.17 bits per heavy atom. The number of halogens is 1.